The summed E-state index contributed by atoms with van der Waals surface area (Å²) in [5.74, 6) is -1.05. The molecule has 0 radical (unpaired) electrons. The molecular weight excluding hydrogens is 257 g/mol. The maximum atomic E-state index is 13.8. The summed E-state index contributed by atoms with van der Waals surface area (Å²) >= 11 is 0. The van der Waals surface area contributed by atoms with E-state index in [0.29, 0.717) is 18.5 Å². The predicted octanol–water partition coefficient (Wildman–Crippen LogP) is 3.71. The largest absolute Gasteiger partial charge is 0.481 e. The first-order valence-electron chi connectivity index (χ1n) is 7.00. The highest BCUT2D eigenvalue weighted by molar-refractivity contribution is 5.74. The van der Waals surface area contributed by atoms with Crippen LogP contribution in [0.1, 0.15) is 45.2 Å². The van der Waals surface area contributed by atoms with Gasteiger partial charge in [0, 0.05) is 18.2 Å². The van der Waals surface area contributed by atoms with Crippen molar-refractivity contribution in [3.8, 4) is 0 Å². The van der Waals surface area contributed by atoms with E-state index in [0.717, 1.165) is 6.42 Å². The van der Waals surface area contributed by atoms with E-state index in [1.807, 2.05) is 25.8 Å². The number of rotatable bonds is 7. The number of hydrogen-bond acceptors (Lipinski definition) is 2. The second-order valence-electron chi connectivity index (χ2n) is 5.73. The van der Waals surface area contributed by atoms with E-state index in [2.05, 4.69) is 0 Å². The van der Waals surface area contributed by atoms with Crippen molar-refractivity contribution in [3.63, 3.8) is 0 Å². The molecule has 20 heavy (non-hydrogen) atoms. The Balaban J connectivity index is 2.87. The lowest BCUT2D eigenvalue weighted by Crippen LogP contribution is -2.40. The van der Waals surface area contributed by atoms with E-state index in [4.69, 9.17) is 0 Å². The molecule has 112 valence electrons. The first-order chi connectivity index (χ1) is 9.31. The van der Waals surface area contributed by atoms with Crippen LogP contribution in [0.25, 0.3) is 0 Å². The Morgan fingerprint density at radius 3 is 2.55 bits per heavy atom. The number of nitrogens with zero attached hydrogens (tertiary/aromatic N) is 1. The summed E-state index contributed by atoms with van der Waals surface area (Å²) < 4.78 is 13.8. The Morgan fingerprint density at radius 2 is 2.05 bits per heavy atom. The third-order valence-electron chi connectivity index (χ3n) is 3.93. The van der Waals surface area contributed by atoms with Crippen LogP contribution in [0.3, 0.4) is 0 Å². The van der Waals surface area contributed by atoms with Gasteiger partial charge in [0.25, 0.3) is 0 Å². The van der Waals surface area contributed by atoms with Crippen LogP contribution in [-0.4, -0.2) is 29.6 Å². The molecule has 1 aromatic carbocycles. The number of hydrogen-bond donors (Lipinski definition) is 1. The third-order valence-corrected chi connectivity index (χ3v) is 3.93. The van der Waals surface area contributed by atoms with Crippen LogP contribution in [-0.2, 0) is 4.79 Å². The Labute approximate surface area is 120 Å². The normalized spacial score (nSPS) is 15.9. The van der Waals surface area contributed by atoms with Gasteiger partial charge in [-0.25, -0.2) is 4.39 Å². The first-order valence-corrected chi connectivity index (χ1v) is 7.00. The van der Waals surface area contributed by atoms with E-state index < -0.39 is 11.4 Å². The molecule has 1 rings (SSSR count). The van der Waals surface area contributed by atoms with Gasteiger partial charge in [0.15, 0.2) is 0 Å². The summed E-state index contributed by atoms with van der Waals surface area (Å²) in [5, 5.41) is 9.42. The van der Waals surface area contributed by atoms with Gasteiger partial charge in [-0.2, -0.15) is 0 Å². The van der Waals surface area contributed by atoms with Crippen LogP contribution in [0, 0.1) is 11.2 Å². The number of carboxylic acid groups (broad SMARTS) is 1. The molecular formula is C16H24FNO2. The number of aliphatic carboxylic acids is 1. The molecule has 0 heterocycles. The molecule has 1 aromatic rings. The summed E-state index contributed by atoms with van der Waals surface area (Å²) in [6.45, 7) is 6.02. The zero-order chi connectivity index (χ0) is 15.3. The van der Waals surface area contributed by atoms with E-state index in [1.165, 1.54) is 6.07 Å². The summed E-state index contributed by atoms with van der Waals surface area (Å²) in [7, 11) is 1.84. The summed E-state index contributed by atoms with van der Waals surface area (Å²) in [4.78, 5) is 13.4. The van der Waals surface area contributed by atoms with Gasteiger partial charge in [0.05, 0.1) is 5.41 Å². The van der Waals surface area contributed by atoms with Crippen LogP contribution in [0.15, 0.2) is 24.3 Å². The molecule has 0 saturated heterocycles. The number of carboxylic acids is 1. The van der Waals surface area contributed by atoms with Crippen molar-refractivity contribution in [1.82, 2.24) is 4.90 Å². The number of benzene rings is 1. The van der Waals surface area contributed by atoms with Crippen molar-refractivity contribution in [2.45, 2.75) is 39.7 Å². The van der Waals surface area contributed by atoms with E-state index in [9.17, 15) is 14.3 Å². The fourth-order valence-corrected chi connectivity index (χ4v) is 2.54. The molecule has 0 spiro atoms. The molecule has 0 amide bonds. The molecule has 3 nitrogen and oxygen atoms in total. The Kier molecular flexibility index (Phi) is 5.69. The summed E-state index contributed by atoms with van der Waals surface area (Å²) in [5.41, 5.74) is -0.206. The van der Waals surface area contributed by atoms with Crippen molar-refractivity contribution in [3.05, 3.63) is 35.6 Å². The summed E-state index contributed by atoms with van der Waals surface area (Å²) in [6.07, 6.45) is 1.42. The second kappa shape index (κ2) is 6.84. The maximum absolute atomic E-state index is 13.8. The molecule has 0 aliphatic carbocycles. The minimum Gasteiger partial charge on any atom is -0.481 e. The molecule has 0 bridgehead atoms. The fraction of sp³-hybridized carbons (Fsp3) is 0.562. The lowest BCUT2D eigenvalue weighted by Gasteiger charge is -2.33. The van der Waals surface area contributed by atoms with Crippen LogP contribution in [0.4, 0.5) is 4.39 Å². The van der Waals surface area contributed by atoms with Gasteiger partial charge in [-0.15, -0.1) is 0 Å². The zero-order valence-electron chi connectivity index (χ0n) is 12.7. The number of halogens is 1. The highest BCUT2D eigenvalue weighted by Gasteiger charge is 2.34. The van der Waals surface area contributed by atoms with Crippen LogP contribution in [0.5, 0.6) is 0 Å². The van der Waals surface area contributed by atoms with E-state index >= 15 is 0 Å². The molecule has 1 N–H and O–H groups in total. The quantitative estimate of drug-likeness (QED) is 0.828. The third kappa shape index (κ3) is 3.79. The van der Waals surface area contributed by atoms with Gasteiger partial charge < -0.3 is 5.11 Å². The molecule has 0 aliphatic heterocycles. The number of carbonyl (C=O) groups is 1. The van der Waals surface area contributed by atoms with E-state index in [1.54, 1.807) is 25.1 Å². The Morgan fingerprint density at radius 1 is 1.45 bits per heavy atom. The topological polar surface area (TPSA) is 40.5 Å². The standard InChI is InChI=1S/C16H24FNO2/c1-5-10-16(3,15(19)20)11-18(4)12(2)13-8-6-7-9-14(13)17/h6-9,12H,5,10-11H2,1-4H3,(H,19,20). The van der Waals surface area contributed by atoms with Crippen molar-refractivity contribution >= 4 is 5.97 Å². The first kappa shape index (κ1) is 16.6. The molecule has 0 aliphatic rings. The molecule has 4 heteroatoms. The van der Waals surface area contributed by atoms with Crippen molar-refractivity contribution < 1.29 is 14.3 Å². The van der Waals surface area contributed by atoms with Gasteiger partial charge in [0.2, 0.25) is 0 Å². The molecule has 2 atom stereocenters. The van der Waals surface area contributed by atoms with Crippen molar-refractivity contribution in [1.29, 1.82) is 0 Å². The van der Waals surface area contributed by atoms with Gasteiger partial charge in [-0.1, -0.05) is 31.5 Å². The Hall–Kier alpha value is -1.42. The fourth-order valence-electron chi connectivity index (χ4n) is 2.54. The lowest BCUT2D eigenvalue weighted by molar-refractivity contribution is -0.149. The van der Waals surface area contributed by atoms with E-state index in [-0.39, 0.29) is 11.9 Å². The van der Waals surface area contributed by atoms with Crippen LogP contribution in [0.2, 0.25) is 0 Å². The van der Waals surface area contributed by atoms with Crippen molar-refractivity contribution in [2.75, 3.05) is 13.6 Å². The average molecular weight is 281 g/mol. The van der Waals surface area contributed by atoms with Crippen LogP contribution >= 0.6 is 0 Å². The average Bonchev–Trinajstić information content (AvgIpc) is 2.38. The van der Waals surface area contributed by atoms with Gasteiger partial charge in [0.1, 0.15) is 5.82 Å². The zero-order valence-corrected chi connectivity index (χ0v) is 12.7. The predicted molar refractivity (Wildman–Crippen MR) is 78.1 cm³/mol. The van der Waals surface area contributed by atoms with Gasteiger partial charge in [-0.05, 0) is 33.4 Å². The SMILES string of the molecule is CCCC(C)(CN(C)C(C)c1ccccc1F)C(=O)O. The molecule has 0 aromatic heterocycles. The monoisotopic (exact) mass is 281 g/mol. The maximum Gasteiger partial charge on any atom is 0.310 e. The highest BCUT2D eigenvalue weighted by Crippen LogP contribution is 2.29. The van der Waals surface area contributed by atoms with Gasteiger partial charge in [-0.3, -0.25) is 9.69 Å². The lowest BCUT2D eigenvalue weighted by atomic mass is 9.84. The molecule has 0 fully saturated rings. The van der Waals surface area contributed by atoms with Crippen LogP contribution < -0.4 is 0 Å². The molecule has 2 unspecified atom stereocenters. The second-order valence-corrected chi connectivity index (χ2v) is 5.73. The summed E-state index contributed by atoms with van der Waals surface area (Å²) in [6, 6.07) is 6.47. The Bertz CT molecular complexity index is 464. The minimum atomic E-state index is -0.803. The smallest absolute Gasteiger partial charge is 0.310 e. The highest BCUT2D eigenvalue weighted by atomic mass is 19.1. The minimum absolute atomic E-state index is 0.160. The van der Waals surface area contributed by atoms with Gasteiger partial charge >= 0.3 is 5.97 Å². The molecule has 0 saturated carbocycles. The van der Waals surface area contributed by atoms with Crippen molar-refractivity contribution in [2.24, 2.45) is 5.41 Å².